The van der Waals surface area contributed by atoms with Crippen LogP contribution in [-0.4, -0.2) is 43.1 Å². The van der Waals surface area contributed by atoms with Gasteiger partial charge in [0.05, 0.1) is 0 Å². The molecule has 0 rings (SSSR count). The summed E-state index contributed by atoms with van der Waals surface area (Å²) in [7, 11) is 3.42. The van der Waals surface area contributed by atoms with Crippen molar-refractivity contribution < 1.29 is 14.3 Å². The second-order valence-electron chi connectivity index (χ2n) is 4.82. The molecule has 0 atom stereocenters. The maximum atomic E-state index is 11.2. The molecule has 0 heterocycles. The summed E-state index contributed by atoms with van der Waals surface area (Å²) < 4.78 is 5.05. The predicted molar refractivity (Wildman–Crippen MR) is 62.2 cm³/mol. The average Bonchev–Trinajstić information content (AvgIpc) is 2.08. The summed E-state index contributed by atoms with van der Waals surface area (Å²) in [5, 5.41) is 2.60. The van der Waals surface area contributed by atoms with E-state index >= 15 is 0 Å². The molecule has 0 unspecified atom stereocenters. The van der Waals surface area contributed by atoms with Crippen molar-refractivity contribution >= 4 is 12.0 Å². The summed E-state index contributed by atoms with van der Waals surface area (Å²) in [5.74, 6) is 0.0611. The largest absolute Gasteiger partial charge is 0.444 e. The van der Waals surface area contributed by atoms with Gasteiger partial charge in [-0.25, -0.2) is 4.79 Å². The minimum Gasteiger partial charge on any atom is -0.444 e. The second-order valence-corrected chi connectivity index (χ2v) is 4.82. The Morgan fingerprint density at radius 1 is 1.25 bits per heavy atom. The zero-order valence-electron chi connectivity index (χ0n) is 10.8. The van der Waals surface area contributed by atoms with E-state index in [0.717, 1.165) is 0 Å². The van der Waals surface area contributed by atoms with Gasteiger partial charge in [-0.1, -0.05) is 0 Å². The van der Waals surface area contributed by atoms with Gasteiger partial charge >= 0.3 is 6.09 Å². The SMILES string of the molecule is CN(C)C(=O)CCCNC(=O)OC(C)(C)C. The molecule has 16 heavy (non-hydrogen) atoms. The number of nitrogens with zero attached hydrogens (tertiary/aromatic N) is 1. The number of ether oxygens (including phenoxy) is 1. The molecule has 0 saturated heterocycles. The first-order valence-electron chi connectivity index (χ1n) is 5.39. The quantitative estimate of drug-likeness (QED) is 0.742. The lowest BCUT2D eigenvalue weighted by molar-refractivity contribution is -0.128. The highest BCUT2D eigenvalue weighted by Gasteiger charge is 2.15. The normalized spacial score (nSPS) is 10.8. The molecule has 2 amide bonds. The number of hydrogen-bond donors (Lipinski definition) is 1. The van der Waals surface area contributed by atoms with Crippen LogP contribution in [0.3, 0.4) is 0 Å². The summed E-state index contributed by atoms with van der Waals surface area (Å²) >= 11 is 0. The Balaban J connectivity index is 3.60. The van der Waals surface area contributed by atoms with Crippen molar-refractivity contribution in [2.75, 3.05) is 20.6 Å². The Morgan fingerprint density at radius 2 is 1.81 bits per heavy atom. The summed E-state index contributed by atoms with van der Waals surface area (Å²) in [5.41, 5.74) is -0.483. The first-order chi connectivity index (χ1) is 7.22. The first-order valence-corrected chi connectivity index (χ1v) is 5.39. The molecule has 0 aliphatic rings. The Morgan fingerprint density at radius 3 is 2.25 bits per heavy atom. The van der Waals surface area contributed by atoms with Crippen molar-refractivity contribution in [3.63, 3.8) is 0 Å². The Hall–Kier alpha value is -1.26. The summed E-state index contributed by atoms with van der Waals surface area (Å²) in [6, 6.07) is 0. The van der Waals surface area contributed by atoms with E-state index in [1.165, 1.54) is 4.90 Å². The van der Waals surface area contributed by atoms with Gasteiger partial charge in [-0.2, -0.15) is 0 Å². The van der Waals surface area contributed by atoms with Gasteiger partial charge in [0, 0.05) is 27.1 Å². The van der Waals surface area contributed by atoms with Gasteiger partial charge in [0.15, 0.2) is 0 Å². The second kappa shape index (κ2) is 6.35. The maximum Gasteiger partial charge on any atom is 0.407 e. The van der Waals surface area contributed by atoms with Crippen LogP contribution < -0.4 is 5.32 Å². The van der Waals surface area contributed by atoms with Gasteiger partial charge in [0.25, 0.3) is 0 Å². The minimum atomic E-state index is -0.483. The standard InChI is InChI=1S/C11H22N2O3/c1-11(2,3)16-10(15)12-8-6-7-9(14)13(4)5/h6-8H2,1-5H3,(H,12,15). The molecule has 0 aliphatic heterocycles. The number of rotatable bonds is 4. The van der Waals surface area contributed by atoms with Crippen LogP contribution in [0.1, 0.15) is 33.6 Å². The molecule has 1 N–H and O–H groups in total. The van der Waals surface area contributed by atoms with E-state index in [1.807, 2.05) is 20.8 Å². The van der Waals surface area contributed by atoms with E-state index in [4.69, 9.17) is 4.74 Å². The van der Waals surface area contributed by atoms with Crippen molar-refractivity contribution in [1.29, 1.82) is 0 Å². The molecule has 5 nitrogen and oxygen atoms in total. The van der Waals surface area contributed by atoms with Crippen LogP contribution in [-0.2, 0) is 9.53 Å². The summed E-state index contributed by atoms with van der Waals surface area (Å²) in [6.07, 6.45) is 0.615. The number of hydrogen-bond acceptors (Lipinski definition) is 3. The molecule has 94 valence electrons. The van der Waals surface area contributed by atoms with Gasteiger partial charge in [0.1, 0.15) is 5.60 Å². The predicted octanol–water partition coefficient (Wildman–Crippen LogP) is 1.38. The van der Waals surface area contributed by atoms with Gasteiger partial charge in [-0.3, -0.25) is 4.79 Å². The van der Waals surface area contributed by atoms with Crippen LogP contribution in [0, 0.1) is 0 Å². The van der Waals surface area contributed by atoms with Crippen molar-refractivity contribution in [3.05, 3.63) is 0 Å². The Bertz CT molecular complexity index is 244. The molecular weight excluding hydrogens is 208 g/mol. The van der Waals surface area contributed by atoms with Gasteiger partial charge < -0.3 is 15.0 Å². The van der Waals surface area contributed by atoms with Gasteiger partial charge in [-0.05, 0) is 27.2 Å². The summed E-state index contributed by atoms with van der Waals surface area (Å²) in [6.45, 7) is 5.88. The molecule has 0 aromatic rings. The highest BCUT2D eigenvalue weighted by molar-refractivity contribution is 5.75. The smallest absolute Gasteiger partial charge is 0.407 e. The highest BCUT2D eigenvalue weighted by Crippen LogP contribution is 2.06. The van der Waals surface area contributed by atoms with Crippen LogP contribution >= 0.6 is 0 Å². The van der Waals surface area contributed by atoms with E-state index in [2.05, 4.69) is 5.32 Å². The van der Waals surface area contributed by atoms with E-state index in [9.17, 15) is 9.59 Å². The van der Waals surface area contributed by atoms with Crippen LogP contribution in [0.4, 0.5) is 4.79 Å². The molecule has 0 aromatic heterocycles. The molecular formula is C11H22N2O3. The van der Waals surface area contributed by atoms with Crippen LogP contribution in [0.5, 0.6) is 0 Å². The summed E-state index contributed by atoms with van der Waals surface area (Å²) in [4.78, 5) is 23.9. The number of amides is 2. The van der Waals surface area contributed by atoms with Crippen LogP contribution in [0.15, 0.2) is 0 Å². The molecule has 0 aliphatic carbocycles. The molecule has 0 fully saturated rings. The molecule has 0 saturated carbocycles. The lowest BCUT2D eigenvalue weighted by Crippen LogP contribution is -2.33. The fourth-order valence-corrected chi connectivity index (χ4v) is 0.968. The van der Waals surface area contributed by atoms with Crippen LogP contribution in [0.2, 0.25) is 0 Å². The number of carbonyl (C=O) groups is 2. The monoisotopic (exact) mass is 230 g/mol. The maximum absolute atomic E-state index is 11.2. The number of alkyl carbamates (subject to hydrolysis) is 1. The zero-order valence-corrected chi connectivity index (χ0v) is 10.8. The number of carbonyl (C=O) groups excluding carboxylic acids is 2. The third-order valence-corrected chi connectivity index (χ3v) is 1.73. The third kappa shape index (κ3) is 8.08. The van der Waals surface area contributed by atoms with Gasteiger partial charge in [-0.15, -0.1) is 0 Å². The lowest BCUT2D eigenvalue weighted by Gasteiger charge is -2.19. The molecule has 5 heteroatoms. The zero-order chi connectivity index (χ0) is 12.8. The van der Waals surface area contributed by atoms with E-state index < -0.39 is 11.7 Å². The lowest BCUT2D eigenvalue weighted by atomic mass is 10.2. The van der Waals surface area contributed by atoms with Crippen LogP contribution in [0.25, 0.3) is 0 Å². The Labute approximate surface area is 97.1 Å². The highest BCUT2D eigenvalue weighted by atomic mass is 16.6. The van der Waals surface area contributed by atoms with Crippen molar-refractivity contribution in [2.24, 2.45) is 0 Å². The third-order valence-electron chi connectivity index (χ3n) is 1.73. The fourth-order valence-electron chi connectivity index (χ4n) is 0.968. The van der Waals surface area contributed by atoms with E-state index in [0.29, 0.717) is 19.4 Å². The molecule has 0 radical (unpaired) electrons. The molecule has 0 aromatic carbocycles. The van der Waals surface area contributed by atoms with E-state index in [-0.39, 0.29) is 5.91 Å². The first kappa shape index (κ1) is 14.7. The number of nitrogens with one attached hydrogen (secondary N) is 1. The molecule has 0 spiro atoms. The van der Waals surface area contributed by atoms with E-state index in [1.54, 1.807) is 14.1 Å². The fraction of sp³-hybridized carbons (Fsp3) is 0.818. The van der Waals surface area contributed by atoms with Crippen molar-refractivity contribution in [3.8, 4) is 0 Å². The van der Waals surface area contributed by atoms with Crippen molar-refractivity contribution in [1.82, 2.24) is 10.2 Å². The average molecular weight is 230 g/mol. The van der Waals surface area contributed by atoms with Crippen molar-refractivity contribution in [2.45, 2.75) is 39.2 Å². The van der Waals surface area contributed by atoms with Gasteiger partial charge in [0.2, 0.25) is 5.91 Å². The molecule has 0 bridgehead atoms. The topological polar surface area (TPSA) is 58.6 Å². The minimum absolute atomic E-state index is 0.0611. The Kier molecular flexibility index (Phi) is 5.85.